The molecule has 1 unspecified atom stereocenters. The molecule has 0 bridgehead atoms. The Morgan fingerprint density at radius 1 is 1.27 bits per heavy atom. The van der Waals surface area contributed by atoms with Crippen molar-refractivity contribution >= 4 is 22.8 Å². The van der Waals surface area contributed by atoms with Crippen molar-refractivity contribution in [3.8, 4) is 0 Å². The Balaban J connectivity index is 2.03. The van der Waals surface area contributed by atoms with E-state index in [1.165, 1.54) is 11.1 Å². The highest BCUT2D eigenvalue weighted by Crippen LogP contribution is 2.30. The Morgan fingerprint density at radius 3 is 2.54 bits per heavy atom. The number of nitrogens with two attached hydrogens (primary N) is 2. The predicted molar refractivity (Wildman–Crippen MR) is 115 cm³/mol. The first kappa shape index (κ1) is 20.0. The number of anilines is 3. The minimum absolute atomic E-state index is 0.386. The Kier molecular flexibility index (Phi) is 6.86. The first-order valence-corrected chi connectivity index (χ1v) is 9.25. The number of benzene rings is 1. The highest BCUT2D eigenvalue weighted by atomic mass is 15.1. The fraction of sp³-hybridized carbons (Fsp3) is 0.476. The fourth-order valence-electron chi connectivity index (χ4n) is 3.41. The number of hydrogen-bond acceptors (Lipinski definition) is 5. The maximum Gasteiger partial charge on any atom is 0.0848 e. The number of nitrogens with one attached hydrogen (secondary N) is 1. The van der Waals surface area contributed by atoms with Crippen LogP contribution in [0.5, 0.6) is 0 Å². The molecule has 0 aliphatic carbocycles. The van der Waals surface area contributed by atoms with Crippen LogP contribution >= 0.6 is 0 Å². The van der Waals surface area contributed by atoms with Gasteiger partial charge in [-0.3, -0.25) is 9.89 Å². The molecule has 1 heterocycles. The minimum Gasteiger partial charge on any atom is -0.397 e. The van der Waals surface area contributed by atoms with Crippen LogP contribution in [0.1, 0.15) is 33.6 Å². The van der Waals surface area contributed by atoms with E-state index in [4.69, 9.17) is 11.5 Å². The van der Waals surface area contributed by atoms with Crippen LogP contribution in [0.3, 0.4) is 0 Å². The second kappa shape index (κ2) is 8.90. The topological polar surface area (TPSA) is 79.7 Å². The fourth-order valence-corrected chi connectivity index (χ4v) is 3.41. The van der Waals surface area contributed by atoms with Gasteiger partial charge in [0.05, 0.1) is 17.1 Å². The van der Waals surface area contributed by atoms with E-state index in [1.54, 1.807) is 0 Å². The molecule has 0 radical (unpaired) electrons. The predicted octanol–water partition coefficient (Wildman–Crippen LogP) is 3.92. The van der Waals surface area contributed by atoms with Gasteiger partial charge in [0.25, 0.3) is 0 Å². The van der Waals surface area contributed by atoms with E-state index < -0.39 is 0 Å². The normalized spacial score (nSPS) is 19.8. The molecule has 0 amide bonds. The van der Waals surface area contributed by atoms with Gasteiger partial charge in [-0.15, -0.1) is 0 Å². The van der Waals surface area contributed by atoms with Gasteiger partial charge in [0.1, 0.15) is 0 Å². The summed E-state index contributed by atoms with van der Waals surface area (Å²) in [5.74, 6) is 0.386. The second-order valence-electron chi connectivity index (χ2n) is 7.25. The van der Waals surface area contributed by atoms with Gasteiger partial charge in [0.15, 0.2) is 0 Å². The first-order chi connectivity index (χ1) is 12.3. The average molecular weight is 356 g/mol. The summed E-state index contributed by atoms with van der Waals surface area (Å²) in [4.78, 5) is 6.80. The van der Waals surface area contributed by atoms with E-state index in [9.17, 15) is 0 Å². The van der Waals surface area contributed by atoms with E-state index >= 15 is 0 Å². The SMILES string of the molecule is C=C(Nc1c(N)cccc1N)C1CCCN(C/C(C)=C(C)/C(C)=N\C)C1. The third kappa shape index (κ3) is 4.88. The van der Waals surface area contributed by atoms with Crippen molar-refractivity contribution in [2.45, 2.75) is 33.6 Å². The van der Waals surface area contributed by atoms with Gasteiger partial charge in [-0.2, -0.15) is 0 Å². The van der Waals surface area contributed by atoms with E-state index in [2.05, 4.69) is 42.6 Å². The monoisotopic (exact) mass is 355 g/mol. The number of piperidine rings is 1. The van der Waals surface area contributed by atoms with Crippen LogP contribution in [0, 0.1) is 5.92 Å². The molecule has 0 saturated carbocycles. The van der Waals surface area contributed by atoms with Gasteiger partial charge >= 0.3 is 0 Å². The highest BCUT2D eigenvalue weighted by Gasteiger charge is 2.23. The highest BCUT2D eigenvalue weighted by molar-refractivity contribution is 5.98. The van der Waals surface area contributed by atoms with Crippen molar-refractivity contribution in [3.05, 3.63) is 41.6 Å². The molecule has 1 fully saturated rings. The molecule has 2 rings (SSSR count). The molecule has 1 aliphatic heterocycles. The largest absolute Gasteiger partial charge is 0.397 e. The lowest BCUT2D eigenvalue weighted by molar-refractivity contribution is 0.206. The molecule has 5 nitrogen and oxygen atoms in total. The number of nitrogen functional groups attached to an aromatic ring is 2. The van der Waals surface area contributed by atoms with Gasteiger partial charge in [0.2, 0.25) is 0 Å². The third-order valence-electron chi connectivity index (χ3n) is 5.39. The zero-order chi connectivity index (χ0) is 19.3. The summed E-state index contributed by atoms with van der Waals surface area (Å²) >= 11 is 0. The number of hydrogen-bond donors (Lipinski definition) is 3. The van der Waals surface area contributed by atoms with Gasteiger partial charge in [0, 0.05) is 37.5 Å². The zero-order valence-corrected chi connectivity index (χ0v) is 16.6. The summed E-state index contributed by atoms with van der Waals surface area (Å²) in [5, 5.41) is 3.37. The van der Waals surface area contributed by atoms with Crippen molar-refractivity contribution < 1.29 is 0 Å². The molecular formula is C21H33N5. The molecule has 1 atom stereocenters. The smallest absolute Gasteiger partial charge is 0.0848 e. The molecular weight excluding hydrogens is 322 g/mol. The number of likely N-dealkylation sites (tertiary alicyclic amines) is 1. The molecule has 5 heteroatoms. The standard InChI is InChI=1S/C21H33N5/c1-14(15(2)16(3)24-5)12-26-11-7-8-18(13-26)17(4)25-21-19(22)9-6-10-20(21)23/h6,9-10,18,25H,4,7-8,11-13,22-23H2,1-3,5H3/b15-14+,24-16-. The Hall–Kier alpha value is -2.27. The summed E-state index contributed by atoms with van der Waals surface area (Å²) in [6, 6.07) is 5.57. The molecule has 1 aromatic carbocycles. The van der Waals surface area contributed by atoms with Crippen LogP contribution in [0.4, 0.5) is 17.1 Å². The summed E-state index contributed by atoms with van der Waals surface area (Å²) in [6.07, 6.45) is 2.30. The van der Waals surface area contributed by atoms with Gasteiger partial charge in [-0.25, -0.2) is 0 Å². The van der Waals surface area contributed by atoms with Gasteiger partial charge in [-0.1, -0.05) is 18.2 Å². The molecule has 0 spiro atoms. The maximum absolute atomic E-state index is 6.06. The van der Waals surface area contributed by atoms with Crippen molar-refractivity contribution in [1.29, 1.82) is 0 Å². The van der Waals surface area contributed by atoms with Crippen LogP contribution in [0.2, 0.25) is 0 Å². The molecule has 1 aliphatic rings. The van der Waals surface area contributed by atoms with E-state index in [-0.39, 0.29) is 0 Å². The number of aliphatic imine (C=N–C) groups is 1. The van der Waals surface area contributed by atoms with E-state index in [0.717, 1.165) is 49.6 Å². The van der Waals surface area contributed by atoms with Crippen LogP contribution in [-0.2, 0) is 0 Å². The Labute approximate surface area is 157 Å². The number of nitrogens with zero attached hydrogens (tertiary/aromatic N) is 2. The molecule has 1 saturated heterocycles. The Bertz CT molecular complexity index is 697. The van der Waals surface area contributed by atoms with Crippen LogP contribution in [0.15, 0.2) is 46.6 Å². The van der Waals surface area contributed by atoms with Gasteiger partial charge in [-0.05, 0) is 57.9 Å². The van der Waals surface area contributed by atoms with Crippen LogP contribution < -0.4 is 16.8 Å². The average Bonchev–Trinajstić information content (AvgIpc) is 2.63. The van der Waals surface area contributed by atoms with Crippen molar-refractivity contribution in [1.82, 2.24) is 4.90 Å². The van der Waals surface area contributed by atoms with Gasteiger partial charge < -0.3 is 16.8 Å². The third-order valence-corrected chi connectivity index (χ3v) is 5.39. The summed E-state index contributed by atoms with van der Waals surface area (Å²) in [7, 11) is 1.85. The summed E-state index contributed by atoms with van der Waals surface area (Å²) < 4.78 is 0. The zero-order valence-electron chi connectivity index (χ0n) is 16.6. The van der Waals surface area contributed by atoms with Crippen LogP contribution in [-0.4, -0.2) is 37.3 Å². The number of rotatable bonds is 6. The molecule has 0 aromatic heterocycles. The number of allylic oxidation sites excluding steroid dienone is 1. The quantitative estimate of drug-likeness (QED) is 0.534. The Morgan fingerprint density at radius 2 is 1.92 bits per heavy atom. The first-order valence-electron chi connectivity index (χ1n) is 9.25. The summed E-state index contributed by atoms with van der Waals surface area (Å²) in [5.41, 5.74) is 19.0. The molecule has 5 N–H and O–H groups in total. The van der Waals surface area contributed by atoms with Crippen LogP contribution in [0.25, 0.3) is 0 Å². The lowest BCUT2D eigenvalue weighted by atomic mass is 9.94. The van der Waals surface area contributed by atoms with E-state index in [1.807, 2.05) is 25.2 Å². The molecule has 1 aromatic rings. The van der Waals surface area contributed by atoms with Crippen molar-refractivity contribution in [3.63, 3.8) is 0 Å². The number of para-hydroxylation sites is 1. The van der Waals surface area contributed by atoms with E-state index in [0.29, 0.717) is 17.3 Å². The molecule has 142 valence electrons. The molecule has 26 heavy (non-hydrogen) atoms. The lowest BCUT2D eigenvalue weighted by Crippen LogP contribution is -2.38. The maximum atomic E-state index is 6.06. The second-order valence-corrected chi connectivity index (χ2v) is 7.25. The minimum atomic E-state index is 0.386. The van der Waals surface area contributed by atoms with Crippen molar-refractivity contribution in [2.75, 3.05) is 43.5 Å². The van der Waals surface area contributed by atoms with Crippen molar-refractivity contribution in [2.24, 2.45) is 10.9 Å². The summed E-state index contributed by atoms with van der Waals surface area (Å²) in [6.45, 7) is 13.8. The lowest BCUT2D eigenvalue weighted by Gasteiger charge is -2.34.